The zero-order chi connectivity index (χ0) is 16.4. The number of nitrogens with zero attached hydrogens (tertiary/aromatic N) is 3. The molecule has 0 spiro atoms. The molecule has 3 aromatic rings. The molecule has 128 valence electrons. The number of likely N-dealkylation sites (N-methyl/N-ethyl adjacent to an activating group) is 1. The monoisotopic (exact) mass is 349 g/mol. The van der Waals surface area contributed by atoms with Crippen LogP contribution in [0.25, 0.3) is 11.1 Å². The average molecular weight is 350 g/mol. The van der Waals surface area contributed by atoms with Crippen LogP contribution in [-0.2, 0) is 18.3 Å². The van der Waals surface area contributed by atoms with Crippen molar-refractivity contribution in [3.63, 3.8) is 0 Å². The minimum atomic E-state index is -0.470. The van der Waals surface area contributed by atoms with Crippen LogP contribution in [0.3, 0.4) is 0 Å². The fourth-order valence-corrected chi connectivity index (χ4v) is 2.46. The van der Waals surface area contributed by atoms with Crippen LogP contribution in [0.5, 0.6) is 0 Å². The van der Waals surface area contributed by atoms with Crippen molar-refractivity contribution in [3.05, 3.63) is 42.0 Å². The SMILES string of the molecule is CCc1nc2cc(NC(=O)C(NC)c3cnn(C)c3)ccc2o1.Cl. The van der Waals surface area contributed by atoms with Gasteiger partial charge in [-0.25, -0.2) is 4.98 Å². The van der Waals surface area contributed by atoms with Gasteiger partial charge >= 0.3 is 0 Å². The van der Waals surface area contributed by atoms with Gasteiger partial charge in [-0.3, -0.25) is 9.48 Å². The van der Waals surface area contributed by atoms with Crippen molar-refractivity contribution in [1.29, 1.82) is 0 Å². The number of fused-ring (bicyclic) bond motifs is 1. The van der Waals surface area contributed by atoms with Crippen LogP contribution in [-0.4, -0.2) is 27.7 Å². The smallest absolute Gasteiger partial charge is 0.246 e. The lowest BCUT2D eigenvalue weighted by molar-refractivity contribution is -0.118. The number of aromatic nitrogens is 3. The summed E-state index contributed by atoms with van der Waals surface area (Å²) in [6, 6.07) is 4.96. The Morgan fingerprint density at radius 1 is 1.42 bits per heavy atom. The van der Waals surface area contributed by atoms with Crippen molar-refractivity contribution < 1.29 is 9.21 Å². The van der Waals surface area contributed by atoms with Gasteiger partial charge in [-0.05, 0) is 25.2 Å². The number of hydrogen-bond acceptors (Lipinski definition) is 5. The van der Waals surface area contributed by atoms with E-state index in [0.717, 1.165) is 23.1 Å². The van der Waals surface area contributed by atoms with Gasteiger partial charge in [0.05, 0.1) is 6.20 Å². The van der Waals surface area contributed by atoms with Crippen molar-refractivity contribution >= 4 is 35.1 Å². The van der Waals surface area contributed by atoms with Crippen LogP contribution in [0.15, 0.2) is 35.0 Å². The summed E-state index contributed by atoms with van der Waals surface area (Å²) in [4.78, 5) is 16.9. The number of halogens is 1. The van der Waals surface area contributed by atoms with Crippen molar-refractivity contribution in [2.24, 2.45) is 7.05 Å². The molecule has 2 heterocycles. The first kappa shape index (κ1) is 18.0. The summed E-state index contributed by atoms with van der Waals surface area (Å²) in [6.07, 6.45) is 4.23. The molecule has 24 heavy (non-hydrogen) atoms. The molecule has 0 saturated carbocycles. The van der Waals surface area contributed by atoms with Gasteiger partial charge in [0.25, 0.3) is 0 Å². The van der Waals surface area contributed by atoms with Crippen molar-refractivity contribution in [2.75, 3.05) is 12.4 Å². The summed E-state index contributed by atoms with van der Waals surface area (Å²) < 4.78 is 7.24. The molecule has 0 aliphatic rings. The quantitative estimate of drug-likeness (QED) is 0.739. The number of aryl methyl sites for hydroxylation is 2. The normalized spacial score (nSPS) is 12.0. The predicted molar refractivity (Wildman–Crippen MR) is 94.3 cm³/mol. The fraction of sp³-hybridized carbons (Fsp3) is 0.312. The van der Waals surface area contributed by atoms with Crippen LogP contribution >= 0.6 is 12.4 Å². The van der Waals surface area contributed by atoms with Crippen molar-refractivity contribution in [2.45, 2.75) is 19.4 Å². The number of rotatable bonds is 5. The van der Waals surface area contributed by atoms with Crippen LogP contribution in [0, 0.1) is 0 Å². The third kappa shape index (κ3) is 3.58. The van der Waals surface area contributed by atoms with Gasteiger partial charge < -0.3 is 15.1 Å². The predicted octanol–water partition coefficient (Wildman–Crippen LogP) is 2.44. The van der Waals surface area contributed by atoms with Gasteiger partial charge in [0.2, 0.25) is 5.91 Å². The molecule has 0 bridgehead atoms. The van der Waals surface area contributed by atoms with Gasteiger partial charge in [0, 0.05) is 30.9 Å². The molecule has 1 amide bonds. The number of oxazole rings is 1. The molecule has 0 radical (unpaired) electrons. The van der Waals surface area contributed by atoms with E-state index in [9.17, 15) is 4.79 Å². The molecule has 1 atom stereocenters. The minimum Gasteiger partial charge on any atom is -0.441 e. The lowest BCUT2D eigenvalue weighted by Gasteiger charge is -2.14. The highest BCUT2D eigenvalue weighted by atomic mass is 35.5. The molecule has 1 unspecified atom stereocenters. The molecular formula is C16H20ClN5O2. The Labute approximate surface area is 145 Å². The second-order valence-electron chi connectivity index (χ2n) is 5.30. The highest BCUT2D eigenvalue weighted by molar-refractivity contribution is 5.96. The molecular weight excluding hydrogens is 330 g/mol. The summed E-state index contributed by atoms with van der Waals surface area (Å²) >= 11 is 0. The second-order valence-corrected chi connectivity index (χ2v) is 5.30. The number of carbonyl (C=O) groups is 1. The maximum absolute atomic E-state index is 12.5. The van der Waals surface area contributed by atoms with E-state index in [1.54, 1.807) is 24.0 Å². The van der Waals surface area contributed by atoms with E-state index in [1.807, 2.05) is 32.3 Å². The molecule has 2 N–H and O–H groups in total. The lowest BCUT2D eigenvalue weighted by atomic mass is 10.1. The molecule has 0 aliphatic carbocycles. The molecule has 7 nitrogen and oxygen atoms in total. The highest BCUT2D eigenvalue weighted by Crippen LogP contribution is 2.21. The first-order chi connectivity index (χ1) is 11.1. The summed E-state index contributed by atoms with van der Waals surface area (Å²) in [5.41, 5.74) is 2.95. The highest BCUT2D eigenvalue weighted by Gasteiger charge is 2.20. The largest absolute Gasteiger partial charge is 0.441 e. The van der Waals surface area contributed by atoms with E-state index in [1.165, 1.54) is 0 Å². The number of hydrogen-bond donors (Lipinski definition) is 2. The first-order valence-corrected chi connectivity index (χ1v) is 7.47. The Kier molecular flexibility index (Phi) is 5.58. The van der Waals surface area contributed by atoms with E-state index >= 15 is 0 Å². The average Bonchev–Trinajstić information content (AvgIpc) is 3.13. The van der Waals surface area contributed by atoms with Gasteiger partial charge in [-0.2, -0.15) is 5.10 Å². The Bertz CT molecular complexity index is 842. The number of nitrogens with one attached hydrogen (secondary N) is 2. The molecule has 3 rings (SSSR count). The maximum atomic E-state index is 12.5. The number of benzene rings is 1. The third-order valence-corrected chi connectivity index (χ3v) is 3.61. The minimum absolute atomic E-state index is 0. The molecule has 0 saturated heterocycles. The van der Waals surface area contributed by atoms with Gasteiger partial charge in [0.15, 0.2) is 11.5 Å². The summed E-state index contributed by atoms with van der Waals surface area (Å²) in [5.74, 6) is 0.533. The van der Waals surface area contributed by atoms with Crippen molar-refractivity contribution in [3.8, 4) is 0 Å². The number of anilines is 1. The molecule has 0 fully saturated rings. The van der Waals surface area contributed by atoms with E-state index in [-0.39, 0.29) is 18.3 Å². The molecule has 8 heteroatoms. The third-order valence-electron chi connectivity index (χ3n) is 3.61. The maximum Gasteiger partial charge on any atom is 0.246 e. The Hall–Kier alpha value is -2.38. The first-order valence-electron chi connectivity index (χ1n) is 7.47. The fourth-order valence-electron chi connectivity index (χ4n) is 2.46. The Morgan fingerprint density at radius 3 is 2.83 bits per heavy atom. The van der Waals surface area contributed by atoms with Crippen LogP contribution in [0.4, 0.5) is 5.69 Å². The van der Waals surface area contributed by atoms with E-state index in [4.69, 9.17) is 4.42 Å². The van der Waals surface area contributed by atoms with Crippen LogP contribution in [0.2, 0.25) is 0 Å². The zero-order valence-corrected chi connectivity index (χ0v) is 14.6. The van der Waals surface area contributed by atoms with E-state index < -0.39 is 6.04 Å². The topological polar surface area (TPSA) is 85.0 Å². The number of amides is 1. The van der Waals surface area contributed by atoms with E-state index in [0.29, 0.717) is 11.6 Å². The number of carbonyl (C=O) groups excluding carboxylic acids is 1. The molecule has 2 aromatic heterocycles. The van der Waals surface area contributed by atoms with E-state index in [2.05, 4.69) is 20.7 Å². The Balaban J connectivity index is 0.00000208. The second kappa shape index (κ2) is 7.46. The summed E-state index contributed by atoms with van der Waals surface area (Å²) in [5, 5.41) is 10.0. The Morgan fingerprint density at radius 2 is 2.21 bits per heavy atom. The zero-order valence-electron chi connectivity index (χ0n) is 13.7. The molecule has 0 aliphatic heterocycles. The van der Waals surface area contributed by atoms with Crippen LogP contribution < -0.4 is 10.6 Å². The standard InChI is InChI=1S/C16H19N5O2.ClH/c1-4-14-20-12-7-11(5-6-13(12)23-14)19-16(22)15(17-2)10-8-18-21(3)9-10;/h5-9,15,17H,4H2,1-3H3,(H,19,22);1H. The summed E-state index contributed by atoms with van der Waals surface area (Å²) in [7, 11) is 3.56. The summed E-state index contributed by atoms with van der Waals surface area (Å²) in [6.45, 7) is 1.98. The lowest BCUT2D eigenvalue weighted by Crippen LogP contribution is -2.30. The van der Waals surface area contributed by atoms with Gasteiger partial charge in [-0.1, -0.05) is 6.92 Å². The van der Waals surface area contributed by atoms with Crippen LogP contribution in [0.1, 0.15) is 24.4 Å². The van der Waals surface area contributed by atoms with Gasteiger partial charge in [0.1, 0.15) is 11.6 Å². The van der Waals surface area contributed by atoms with Crippen molar-refractivity contribution in [1.82, 2.24) is 20.1 Å². The molecule has 1 aromatic carbocycles. The van der Waals surface area contributed by atoms with Gasteiger partial charge in [-0.15, -0.1) is 12.4 Å².